The lowest BCUT2D eigenvalue weighted by Crippen LogP contribution is -2.27. The highest BCUT2D eigenvalue weighted by atomic mass is 35.5. The van der Waals surface area contributed by atoms with Gasteiger partial charge in [0.25, 0.3) is 0 Å². The summed E-state index contributed by atoms with van der Waals surface area (Å²) in [5.74, 6) is -0.750. The van der Waals surface area contributed by atoms with Crippen molar-refractivity contribution < 1.29 is 17.5 Å². The summed E-state index contributed by atoms with van der Waals surface area (Å²) in [7, 11) is -2.32. The number of nitrogens with one attached hydrogen (secondary N) is 2. The summed E-state index contributed by atoms with van der Waals surface area (Å²) in [6.45, 7) is 3.40. The molecule has 0 saturated heterocycles. The van der Waals surface area contributed by atoms with Crippen LogP contribution < -0.4 is 10.0 Å². The standard InChI is InChI=1S/C13H20ClFN2O3S/c1-3-4-16-9-10-7-11(8-12(15)13(10)14)21(18,19)17-5-6-20-2/h7-8,16-17H,3-6,9H2,1-2H3. The van der Waals surface area contributed by atoms with Crippen LogP contribution in [0.2, 0.25) is 5.02 Å². The third kappa shape index (κ3) is 5.52. The highest BCUT2D eigenvalue weighted by Gasteiger charge is 2.18. The zero-order valence-corrected chi connectivity index (χ0v) is 13.7. The normalized spacial score (nSPS) is 11.8. The van der Waals surface area contributed by atoms with Crippen molar-refractivity contribution in [2.45, 2.75) is 24.8 Å². The summed E-state index contributed by atoms with van der Waals surface area (Å²) in [6.07, 6.45) is 0.913. The molecule has 0 heterocycles. The summed E-state index contributed by atoms with van der Waals surface area (Å²) < 4.78 is 45.0. The molecule has 0 spiro atoms. The largest absolute Gasteiger partial charge is 0.383 e. The van der Waals surface area contributed by atoms with E-state index >= 15 is 0 Å². The van der Waals surface area contributed by atoms with Gasteiger partial charge in [-0.15, -0.1) is 0 Å². The molecule has 0 unspecified atom stereocenters. The van der Waals surface area contributed by atoms with Crippen molar-refractivity contribution in [1.82, 2.24) is 10.0 Å². The first-order valence-corrected chi connectivity index (χ1v) is 8.45. The molecule has 0 atom stereocenters. The van der Waals surface area contributed by atoms with Gasteiger partial charge >= 0.3 is 0 Å². The molecule has 8 heteroatoms. The van der Waals surface area contributed by atoms with Crippen molar-refractivity contribution in [3.63, 3.8) is 0 Å². The van der Waals surface area contributed by atoms with Crippen molar-refractivity contribution in [3.8, 4) is 0 Å². The highest BCUT2D eigenvalue weighted by molar-refractivity contribution is 7.89. The Kier molecular flexibility index (Phi) is 7.55. The van der Waals surface area contributed by atoms with Crippen LogP contribution in [0, 0.1) is 5.82 Å². The Hall–Kier alpha value is -0.730. The van der Waals surface area contributed by atoms with Gasteiger partial charge in [-0.1, -0.05) is 18.5 Å². The van der Waals surface area contributed by atoms with Crippen molar-refractivity contribution in [1.29, 1.82) is 0 Å². The third-order valence-corrected chi connectivity index (χ3v) is 4.59. The van der Waals surface area contributed by atoms with Crippen LogP contribution in [0.3, 0.4) is 0 Å². The molecule has 0 fully saturated rings. The van der Waals surface area contributed by atoms with E-state index in [2.05, 4.69) is 10.0 Å². The SMILES string of the molecule is CCCNCc1cc(S(=O)(=O)NCCOC)cc(F)c1Cl. The number of hydrogen-bond acceptors (Lipinski definition) is 4. The van der Waals surface area contributed by atoms with Crippen LogP contribution in [0.5, 0.6) is 0 Å². The molecule has 21 heavy (non-hydrogen) atoms. The molecule has 120 valence electrons. The van der Waals surface area contributed by atoms with Gasteiger partial charge in [-0.3, -0.25) is 0 Å². The van der Waals surface area contributed by atoms with Crippen molar-refractivity contribution in [3.05, 3.63) is 28.5 Å². The number of rotatable bonds is 9. The molecular formula is C13H20ClFN2O3S. The van der Waals surface area contributed by atoms with E-state index in [0.717, 1.165) is 19.0 Å². The Labute approximate surface area is 129 Å². The summed E-state index contributed by atoms with van der Waals surface area (Å²) in [6, 6.07) is 2.30. The van der Waals surface area contributed by atoms with Crippen LogP contribution in [0.25, 0.3) is 0 Å². The number of methoxy groups -OCH3 is 1. The highest BCUT2D eigenvalue weighted by Crippen LogP contribution is 2.24. The van der Waals surface area contributed by atoms with E-state index in [-0.39, 0.29) is 23.1 Å². The summed E-state index contributed by atoms with van der Waals surface area (Å²) in [4.78, 5) is -0.145. The van der Waals surface area contributed by atoms with Gasteiger partial charge in [0.15, 0.2) is 0 Å². The molecule has 2 N–H and O–H groups in total. The van der Waals surface area contributed by atoms with E-state index in [1.165, 1.54) is 13.2 Å². The van der Waals surface area contributed by atoms with Gasteiger partial charge in [0, 0.05) is 20.2 Å². The van der Waals surface area contributed by atoms with Crippen molar-refractivity contribution in [2.75, 3.05) is 26.8 Å². The molecule has 1 aromatic rings. The molecule has 5 nitrogen and oxygen atoms in total. The molecule has 0 saturated carbocycles. The first kappa shape index (κ1) is 18.3. The number of sulfonamides is 1. The number of hydrogen-bond donors (Lipinski definition) is 2. The molecular weight excluding hydrogens is 319 g/mol. The average molecular weight is 339 g/mol. The smallest absolute Gasteiger partial charge is 0.240 e. The summed E-state index contributed by atoms with van der Waals surface area (Å²) in [5, 5.41) is 3.00. The lowest BCUT2D eigenvalue weighted by Gasteiger charge is -2.11. The summed E-state index contributed by atoms with van der Waals surface area (Å²) in [5.41, 5.74) is 0.414. The van der Waals surface area contributed by atoms with Gasteiger partial charge in [-0.2, -0.15) is 0 Å². The quantitative estimate of drug-likeness (QED) is 0.675. The lowest BCUT2D eigenvalue weighted by atomic mass is 10.2. The predicted octanol–water partition coefficient (Wildman–Crippen LogP) is 1.90. The maximum absolute atomic E-state index is 13.8. The van der Waals surface area contributed by atoms with Gasteiger partial charge in [0.2, 0.25) is 10.0 Å². The second-order valence-corrected chi connectivity index (χ2v) is 6.59. The second kappa shape index (κ2) is 8.65. The van der Waals surface area contributed by atoms with Crippen LogP contribution >= 0.6 is 11.6 Å². The van der Waals surface area contributed by atoms with Crippen molar-refractivity contribution >= 4 is 21.6 Å². The first-order valence-electron chi connectivity index (χ1n) is 6.59. The Bertz CT molecular complexity index is 567. The molecule has 0 aliphatic heterocycles. The third-order valence-electron chi connectivity index (χ3n) is 2.73. The van der Waals surface area contributed by atoms with E-state index in [1.807, 2.05) is 6.92 Å². The fraction of sp³-hybridized carbons (Fsp3) is 0.538. The van der Waals surface area contributed by atoms with Gasteiger partial charge in [-0.25, -0.2) is 17.5 Å². The molecule has 0 aliphatic carbocycles. The topological polar surface area (TPSA) is 67.4 Å². The van der Waals surface area contributed by atoms with Gasteiger partial charge < -0.3 is 10.1 Å². The first-order chi connectivity index (χ1) is 9.92. The molecule has 0 radical (unpaired) electrons. The minimum Gasteiger partial charge on any atom is -0.383 e. The van der Waals surface area contributed by atoms with Crippen LogP contribution in [0.4, 0.5) is 4.39 Å². The van der Waals surface area contributed by atoms with Gasteiger partial charge in [0.1, 0.15) is 5.82 Å². The van der Waals surface area contributed by atoms with Crippen LogP contribution in [0.15, 0.2) is 17.0 Å². The number of ether oxygens (including phenoxy) is 1. The predicted molar refractivity (Wildman–Crippen MR) is 80.5 cm³/mol. The maximum Gasteiger partial charge on any atom is 0.240 e. The Morgan fingerprint density at radius 1 is 1.33 bits per heavy atom. The van der Waals surface area contributed by atoms with E-state index in [1.54, 1.807) is 0 Å². The Balaban J connectivity index is 2.97. The average Bonchev–Trinajstić information content (AvgIpc) is 2.43. The Morgan fingerprint density at radius 3 is 2.67 bits per heavy atom. The lowest BCUT2D eigenvalue weighted by molar-refractivity contribution is 0.204. The molecule has 0 amide bonds. The van der Waals surface area contributed by atoms with E-state index in [4.69, 9.17) is 16.3 Å². The maximum atomic E-state index is 13.8. The fourth-order valence-electron chi connectivity index (χ4n) is 1.66. The summed E-state index contributed by atoms with van der Waals surface area (Å²) >= 11 is 5.87. The minimum absolute atomic E-state index is 0.0607. The Morgan fingerprint density at radius 2 is 2.05 bits per heavy atom. The number of benzene rings is 1. The minimum atomic E-state index is -3.78. The van der Waals surface area contributed by atoms with Gasteiger partial charge in [0.05, 0.1) is 16.5 Å². The monoisotopic (exact) mass is 338 g/mol. The van der Waals surface area contributed by atoms with Crippen LogP contribution in [0.1, 0.15) is 18.9 Å². The molecule has 0 aromatic heterocycles. The molecule has 1 rings (SSSR count). The number of halogens is 2. The molecule has 0 bridgehead atoms. The van der Waals surface area contributed by atoms with E-state index in [9.17, 15) is 12.8 Å². The fourth-order valence-corrected chi connectivity index (χ4v) is 2.91. The van der Waals surface area contributed by atoms with Crippen LogP contribution in [-0.4, -0.2) is 35.2 Å². The molecule has 1 aromatic carbocycles. The zero-order valence-electron chi connectivity index (χ0n) is 12.1. The van der Waals surface area contributed by atoms with Gasteiger partial charge in [-0.05, 0) is 30.7 Å². The van der Waals surface area contributed by atoms with E-state index < -0.39 is 15.8 Å². The second-order valence-electron chi connectivity index (χ2n) is 4.45. The van der Waals surface area contributed by atoms with Crippen LogP contribution in [-0.2, 0) is 21.3 Å². The zero-order chi connectivity index (χ0) is 15.9. The van der Waals surface area contributed by atoms with E-state index in [0.29, 0.717) is 12.1 Å². The molecule has 0 aliphatic rings. The van der Waals surface area contributed by atoms with Crippen molar-refractivity contribution in [2.24, 2.45) is 0 Å².